The first-order valence-corrected chi connectivity index (χ1v) is 8.03. The number of rotatable bonds is 5. The molecule has 0 atom stereocenters. The van der Waals surface area contributed by atoms with E-state index >= 15 is 0 Å². The fourth-order valence-corrected chi connectivity index (χ4v) is 3.40. The summed E-state index contributed by atoms with van der Waals surface area (Å²) in [5.74, 6) is 0.109. The fourth-order valence-electron chi connectivity index (χ4n) is 2.32. The van der Waals surface area contributed by atoms with Crippen molar-refractivity contribution in [2.45, 2.75) is 27.3 Å². The van der Waals surface area contributed by atoms with Gasteiger partial charge in [0.25, 0.3) is 5.91 Å². The van der Waals surface area contributed by atoms with Crippen LogP contribution in [-0.2, 0) is 11.3 Å². The quantitative estimate of drug-likeness (QED) is 0.831. The third-order valence-corrected chi connectivity index (χ3v) is 4.68. The molecule has 0 saturated carbocycles. The summed E-state index contributed by atoms with van der Waals surface area (Å²) in [4.78, 5) is 21.9. The minimum Gasteiger partial charge on any atom is -0.379 e. The fraction of sp³-hybridized carbons (Fsp3) is 0.714. The summed E-state index contributed by atoms with van der Waals surface area (Å²) < 4.78 is 5.35. The molecule has 6 heteroatoms. The first-order valence-electron chi connectivity index (χ1n) is 7.21. The lowest BCUT2D eigenvalue weighted by molar-refractivity contribution is 0.0341. The molecule has 0 aliphatic carbocycles. The van der Waals surface area contributed by atoms with Crippen LogP contribution < -0.4 is 0 Å². The van der Waals surface area contributed by atoms with Crippen LogP contribution in [0.5, 0.6) is 0 Å². The van der Waals surface area contributed by atoms with Crippen molar-refractivity contribution in [3.05, 3.63) is 15.6 Å². The van der Waals surface area contributed by atoms with Crippen LogP contribution in [0.4, 0.5) is 0 Å². The van der Waals surface area contributed by atoms with E-state index in [0.717, 1.165) is 61.5 Å². The normalized spacial score (nSPS) is 16.4. The lowest BCUT2D eigenvalue weighted by atomic mass is 10.3. The van der Waals surface area contributed by atoms with E-state index in [0.29, 0.717) is 0 Å². The number of thiazole rings is 1. The molecule has 1 amide bonds. The van der Waals surface area contributed by atoms with Crippen LogP contribution in [0.25, 0.3) is 0 Å². The van der Waals surface area contributed by atoms with Gasteiger partial charge in [-0.15, -0.1) is 11.3 Å². The zero-order chi connectivity index (χ0) is 14.5. The minimum absolute atomic E-state index is 0.109. The van der Waals surface area contributed by atoms with E-state index < -0.39 is 0 Å². The molecule has 1 aliphatic heterocycles. The van der Waals surface area contributed by atoms with Gasteiger partial charge in [-0.25, -0.2) is 4.98 Å². The van der Waals surface area contributed by atoms with E-state index in [2.05, 4.69) is 9.88 Å². The molecule has 0 N–H and O–H groups in total. The molecule has 2 rings (SSSR count). The van der Waals surface area contributed by atoms with Crippen LogP contribution in [0.1, 0.15) is 34.2 Å². The molecular formula is C14H23N3O2S. The lowest BCUT2D eigenvalue weighted by Crippen LogP contribution is -2.35. The third-order valence-electron chi connectivity index (χ3n) is 3.55. The second kappa shape index (κ2) is 7.15. The first-order chi connectivity index (χ1) is 9.65. The van der Waals surface area contributed by atoms with Crippen molar-refractivity contribution in [3.63, 3.8) is 0 Å². The maximum absolute atomic E-state index is 12.4. The van der Waals surface area contributed by atoms with Gasteiger partial charge in [-0.1, -0.05) is 0 Å². The Kier molecular flexibility index (Phi) is 5.51. The molecule has 112 valence electrons. The molecule has 1 fully saturated rings. The molecule has 1 aliphatic rings. The number of carbonyl (C=O) groups excluding carboxylic acids is 1. The summed E-state index contributed by atoms with van der Waals surface area (Å²) in [6.07, 6.45) is 0. The first kappa shape index (κ1) is 15.4. The summed E-state index contributed by atoms with van der Waals surface area (Å²) in [6.45, 7) is 11.7. The largest absolute Gasteiger partial charge is 0.379 e. The summed E-state index contributed by atoms with van der Waals surface area (Å²) in [5, 5.41) is 1.03. The number of amides is 1. The van der Waals surface area contributed by atoms with Crippen molar-refractivity contribution in [1.82, 2.24) is 14.8 Å². The average molecular weight is 297 g/mol. The molecule has 0 radical (unpaired) electrons. The second-order valence-corrected chi connectivity index (χ2v) is 5.97. The molecule has 1 saturated heterocycles. The van der Waals surface area contributed by atoms with Crippen LogP contribution >= 0.6 is 11.3 Å². The Hall–Kier alpha value is -0.980. The number of hydrogen-bond acceptors (Lipinski definition) is 5. The smallest absolute Gasteiger partial charge is 0.265 e. The Morgan fingerprint density at radius 3 is 2.60 bits per heavy atom. The van der Waals surface area contributed by atoms with Gasteiger partial charge in [0.15, 0.2) is 0 Å². The van der Waals surface area contributed by atoms with Crippen molar-refractivity contribution in [1.29, 1.82) is 0 Å². The molecule has 0 aromatic carbocycles. The number of morpholine rings is 1. The van der Waals surface area contributed by atoms with E-state index in [1.54, 1.807) is 0 Å². The second-order valence-electron chi connectivity index (χ2n) is 4.89. The maximum Gasteiger partial charge on any atom is 0.265 e. The van der Waals surface area contributed by atoms with Crippen LogP contribution in [-0.4, -0.2) is 60.1 Å². The number of hydrogen-bond donors (Lipinski definition) is 0. The van der Waals surface area contributed by atoms with Crippen LogP contribution in [0.3, 0.4) is 0 Å². The number of carbonyl (C=O) groups is 1. The highest BCUT2D eigenvalue weighted by atomic mass is 32.1. The molecular weight excluding hydrogens is 274 g/mol. The van der Waals surface area contributed by atoms with E-state index in [9.17, 15) is 4.79 Å². The van der Waals surface area contributed by atoms with Gasteiger partial charge in [-0.05, 0) is 20.8 Å². The Balaban J connectivity index is 2.06. The van der Waals surface area contributed by atoms with Crippen molar-refractivity contribution < 1.29 is 9.53 Å². The number of aromatic nitrogens is 1. The highest BCUT2D eigenvalue weighted by molar-refractivity contribution is 7.13. The van der Waals surface area contributed by atoms with E-state index in [1.165, 1.54) is 11.3 Å². The van der Waals surface area contributed by atoms with Gasteiger partial charge < -0.3 is 9.64 Å². The Morgan fingerprint density at radius 2 is 2.00 bits per heavy atom. The van der Waals surface area contributed by atoms with Crippen LogP contribution in [0.2, 0.25) is 0 Å². The Morgan fingerprint density at radius 1 is 1.35 bits per heavy atom. The van der Waals surface area contributed by atoms with E-state index in [4.69, 9.17) is 4.74 Å². The predicted octanol–water partition coefficient (Wildman–Crippen LogP) is 1.77. The zero-order valence-electron chi connectivity index (χ0n) is 12.5. The van der Waals surface area contributed by atoms with Gasteiger partial charge >= 0.3 is 0 Å². The average Bonchev–Trinajstić information content (AvgIpc) is 2.82. The molecule has 20 heavy (non-hydrogen) atoms. The third kappa shape index (κ3) is 3.56. The number of nitrogens with zero attached hydrogens (tertiary/aromatic N) is 3. The lowest BCUT2D eigenvalue weighted by Gasteiger charge is -2.25. The van der Waals surface area contributed by atoms with Gasteiger partial charge in [-0.3, -0.25) is 9.69 Å². The molecule has 0 bridgehead atoms. The summed E-state index contributed by atoms with van der Waals surface area (Å²) in [7, 11) is 0. The van der Waals surface area contributed by atoms with E-state index in [-0.39, 0.29) is 5.91 Å². The van der Waals surface area contributed by atoms with Gasteiger partial charge in [0.1, 0.15) is 9.88 Å². The van der Waals surface area contributed by atoms with Gasteiger partial charge in [0.2, 0.25) is 0 Å². The van der Waals surface area contributed by atoms with E-state index in [1.807, 2.05) is 25.7 Å². The van der Waals surface area contributed by atoms with Crippen molar-refractivity contribution >= 4 is 17.2 Å². The molecule has 2 heterocycles. The molecule has 0 spiro atoms. The molecule has 5 nitrogen and oxygen atoms in total. The number of aryl methyl sites for hydroxylation is 1. The minimum atomic E-state index is 0.109. The maximum atomic E-state index is 12.4. The highest BCUT2D eigenvalue weighted by Crippen LogP contribution is 2.21. The van der Waals surface area contributed by atoms with Gasteiger partial charge in [0, 0.05) is 26.2 Å². The Bertz CT molecular complexity index is 451. The standard InChI is InChI=1S/C14H23N3O2S/c1-4-17(5-2)14(18)13-11(3)15-12(20-13)10-16-6-8-19-9-7-16/h4-10H2,1-3H3. The molecule has 1 aromatic heterocycles. The highest BCUT2D eigenvalue weighted by Gasteiger charge is 2.21. The van der Waals surface area contributed by atoms with Gasteiger partial charge in [0.05, 0.1) is 25.5 Å². The van der Waals surface area contributed by atoms with Gasteiger partial charge in [-0.2, -0.15) is 0 Å². The number of ether oxygens (including phenoxy) is 1. The molecule has 0 unspecified atom stereocenters. The summed E-state index contributed by atoms with van der Waals surface area (Å²) in [6, 6.07) is 0. The predicted molar refractivity (Wildman–Crippen MR) is 80.2 cm³/mol. The summed E-state index contributed by atoms with van der Waals surface area (Å²) in [5.41, 5.74) is 0.857. The monoisotopic (exact) mass is 297 g/mol. The van der Waals surface area contributed by atoms with Crippen molar-refractivity contribution in [3.8, 4) is 0 Å². The van der Waals surface area contributed by atoms with Crippen molar-refractivity contribution in [2.75, 3.05) is 39.4 Å². The Labute approximate surface area is 124 Å². The summed E-state index contributed by atoms with van der Waals surface area (Å²) >= 11 is 1.54. The molecule has 1 aromatic rings. The van der Waals surface area contributed by atoms with Crippen LogP contribution in [0.15, 0.2) is 0 Å². The van der Waals surface area contributed by atoms with Crippen LogP contribution in [0, 0.1) is 6.92 Å². The zero-order valence-corrected chi connectivity index (χ0v) is 13.3. The van der Waals surface area contributed by atoms with Crippen molar-refractivity contribution in [2.24, 2.45) is 0 Å². The topological polar surface area (TPSA) is 45.7 Å². The SMILES string of the molecule is CCN(CC)C(=O)c1sc(CN2CCOCC2)nc1C.